The number of alkyl halides is 1. The maximum absolute atomic E-state index is 14.2. The topological polar surface area (TPSA) is 80.6 Å². The Kier molecular flexibility index (Phi) is 10.3. The second-order valence-corrected chi connectivity index (χ2v) is 10.7. The van der Waals surface area contributed by atoms with Crippen molar-refractivity contribution in [2.75, 3.05) is 12.4 Å². The molecule has 0 saturated heterocycles. The third-order valence-electron chi connectivity index (χ3n) is 7.39. The third kappa shape index (κ3) is 7.41. The van der Waals surface area contributed by atoms with Crippen LogP contribution in [0.1, 0.15) is 73.6 Å². The summed E-state index contributed by atoms with van der Waals surface area (Å²) in [7, 11) is 1.54. The minimum atomic E-state index is -1.03. The van der Waals surface area contributed by atoms with Gasteiger partial charge in [0.05, 0.1) is 23.8 Å². The molecule has 1 amide bonds. The van der Waals surface area contributed by atoms with Gasteiger partial charge >= 0.3 is 5.97 Å². The Morgan fingerprint density at radius 1 is 1.07 bits per heavy atom. The van der Waals surface area contributed by atoms with Crippen LogP contribution in [-0.4, -0.2) is 40.9 Å². The molecule has 7 heteroatoms. The molecule has 0 spiro atoms. The van der Waals surface area contributed by atoms with Crippen LogP contribution in [0.15, 0.2) is 78.9 Å². The zero-order valence-corrected chi connectivity index (χ0v) is 24.0. The molecule has 0 radical (unpaired) electrons. The number of ether oxygens (including phenoxy) is 1. The van der Waals surface area contributed by atoms with E-state index < -0.39 is 12.1 Å². The van der Waals surface area contributed by atoms with Gasteiger partial charge in [0.1, 0.15) is 6.17 Å². The summed E-state index contributed by atoms with van der Waals surface area (Å²) in [4.78, 5) is 25.3. The summed E-state index contributed by atoms with van der Waals surface area (Å²) in [5, 5.41) is 12.3. The first-order chi connectivity index (χ1) is 19.8. The van der Waals surface area contributed by atoms with Gasteiger partial charge in [-0.05, 0) is 54.5 Å². The number of carbonyl (C=O) groups excluding carboxylic acids is 1. The van der Waals surface area contributed by atoms with Crippen LogP contribution in [0.4, 0.5) is 10.1 Å². The first-order valence-corrected chi connectivity index (χ1v) is 14.3. The Balaban J connectivity index is 1.83. The van der Waals surface area contributed by atoms with Gasteiger partial charge in [-0.2, -0.15) is 0 Å². The summed E-state index contributed by atoms with van der Waals surface area (Å²) in [6.45, 7) is 4.79. The second kappa shape index (κ2) is 14.1. The number of carbonyl (C=O) groups is 2. The predicted octanol–water partition coefficient (Wildman–Crippen LogP) is 7.87. The molecule has 6 nitrogen and oxygen atoms in total. The van der Waals surface area contributed by atoms with Crippen molar-refractivity contribution >= 4 is 23.1 Å². The molecule has 2 atom stereocenters. The molecule has 2 aromatic carbocycles. The number of anilines is 1. The number of aromatic nitrogens is 1. The van der Waals surface area contributed by atoms with E-state index >= 15 is 0 Å². The van der Waals surface area contributed by atoms with E-state index in [2.05, 4.69) is 23.7 Å². The number of nitrogens with one attached hydrogen (secondary N) is 1. The molecule has 1 heterocycles. The van der Waals surface area contributed by atoms with Crippen LogP contribution < -0.4 is 5.32 Å². The number of aliphatic carboxylic acids is 1. The van der Waals surface area contributed by atoms with Crippen molar-refractivity contribution < 1.29 is 23.8 Å². The van der Waals surface area contributed by atoms with Crippen LogP contribution in [0.5, 0.6) is 0 Å². The van der Waals surface area contributed by atoms with E-state index in [1.165, 1.54) is 7.11 Å². The average Bonchev–Trinajstić information content (AvgIpc) is 3.31. The summed E-state index contributed by atoms with van der Waals surface area (Å²) in [5.41, 5.74) is 5.77. The molecule has 0 aliphatic heterocycles. The quantitative estimate of drug-likeness (QED) is 0.209. The molecule has 2 N–H and O–H groups in total. The highest BCUT2D eigenvalue weighted by molar-refractivity contribution is 6.12. The number of halogens is 1. The fraction of sp³-hybridized carbons (Fsp3) is 0.353. The molecule has 1 aliphatic rings. The number of hydrogen-bond acceptors (Lipinski definition) is 3. The minimum absolute atomic E-state index is 0.0172. The van der Waals surface area contributed by atoms with Crippen LogP contribution >= 0.6 is 0 Å². The molecule has 1 unspecified atom stereocenters. The number of para-hydroxylation sites is 1. The highest BCUT2D eigenvalue weighted by Crippen LogP contribution is 2.42. The molecule has 1 aromatic heterocycles. The number of carboxylic acid groups (broad SMARTS) is 1. The van der Waals surface area contributed by atoms with E-state index in [9.17, 15) is 19.1 Å². The maximum atomic E-state index is 14.2. The second-order valence-electron chi connectivity index (χ2n) is 10.7. The Morgan fingerprint density at radius 3 is 2.34 bits per heavy atom. The minimum Gasteiger partial charge on any atom is -0.481 e. The van der Waals surface area contributed by atoms with Crippen molar-refractivity contribution in [2.45, 2.75) is 70.7 Å². The molecule has 216 valence electrons. The average molecular weight is 559 g/mol. The highest BCUT2D eigenvalue weighted by atomic mass is 19.1. The number of hydrogen-bond donors (Lipinski definition) is 2. The zero-order valence-electron chi connectivity index (χ0n) is 24.0. The van der Waals surface area contributed by atoms with Crippen molar-refractivity contribution in [2.24, 2.45) is 0 Å². The third-order valence-corrected chi connectivity index (χ3v) is 7.39. The van der Waals surface area contributed by atoms with Crippen LogP contribution in [-0.2, 0) is 16.1 Å². The van der Waals surface area contributed by atoms with Gasteiger partial charge in [-0.15, -0.1) is 0 Å². The number of allylic oxidation sites excluding steroid dienone is 4. The number of benzene rings is 2. The van der Waals surface area contributed by atoms with Crippen molar-refractivity contribution in [3.8, 4) is 11.1 Å². The highest BCUT2D eigenvalue weighted by Gasteiger charge is 2.31. The normalized spacial score (nSPS) is 15.5. The van der Waals surface area contributed by atoms with Gasteiger partial charge in [0.15, 0.2) is 0 Å². The standard InChI is InChI=1S/C34H39FN2O4/c1-23(2)32-31(34(40)36-27-14-8-5-9-15-27)30(24-12-6-4-7-13-24)33(25-17-19-26(35)20-18-25)37(32)21-11-10-16-28(41-3)22-29(38)39/h4-9,12-15,17-19,23,26,28H,10-11,16,20-22H2,1-3H3,(H,36,40)(H,38,39)/t26?,28-/m1/s1. The molecule has 1 aliphatic carbocycles. The van der Waals surface area contributed by atoms with Crippen molar-refractivity contribution in [3.63, 3.8) is 0 Å². The van der Waals surface area contributed by atoms with Crippen LogP contribution in [0.25, 0.3) is 16.7 Å². The smallest absolute Gasteiger partial charge is 0.305 e. The Labute approximate surface area is 241 Å². The van der Waals surface area contributed by atoms with Gasteiger partial charge in [0, 0.05) is 37.0 Å². The van der Waals surface area contributed by atoms with Crippen molar-refractivity contribution in [3.05, 3.63) is 95.8 Å². The van der Waals surface area contributed by atoms with E-state index in [1.54, 1.807) is 6.08 Å². The van der Waals surface area contributed by atoms with E-state index in [-0.39, 0.29) is 30.8 Å². The van der Waals surface area contributed by atoms with Crippen LogP contribution in [0.2, 0.25) is 0 Å². The zero-order chi connectivity index (χ0) is 29.4. The van der Waals surface area contributed by atoms with E-state index in [4.69, 9.17) is 4.74 Å². The molecule has 41 heavy (non-hydrogen) atoms. The Hall–Kier alpha value is -3.97. The summed E-state index contributed by atoms with van der Waals surface area (Å²) in [6, 6.07) is 19.3. The van der Waals surface area contributed by atoms with E-state index in [0.717, 1.165) is 40.9 Å². The first-order valence-electron chi connectivity index (χ1n) is 14.3. The number of unbranched alkanes of at least 4 members (excludes halogenated alkanes) is 1. The predicted molar refractivity (Wildman–Crippen MR) is 162 cm³/mol. The largest absolute Gasteiger partial charge is 0.481 e. The lowest BCUT2D eigenvalue weighted by Gasteiger charge is -2.20. The Bertz CT molecular complexity index is 1390. The van der Waals surface area contributed by atoms with E-state index in [0.29, 0.717) is 24.2 Å². The molecular weight excluding hydrogens is 519 g/mol. The Morgan fingerprint density at radius 2 is 1.76 bits per heavy atom. The number of amides is 1. The lowest BCUT2D eigenvalue weighted by molar-refractivity contribution is -0.139. The van der Waals surface area contributed by atoms with Gasteiger partial charge in [0.2, 0.25) is 0 Å². The monoisotopic (exact) mass is 558 g/mol. The summed E-state index contributed by atoms with van der Waals surface area (Å²) in [5.74, 6) is -1.05. The number of rotatable bonds is 13. The van der Waals surface area contributed by atoms with Crippen molar-refractivity contribution in [1.82, 2.24) is 4.57 Å². The lowest BCUT2D eigenvalue weighted by atomic mass is 9.92. The van der Waals surface area contributed by atoms with Gasteiger partial charge in [-0.3, -0.25) is 9.59 Å². The number of methoxy groups -OCH3 is 1. The molecule has 0 bridgehead atoms. The van der Waals surface area contributed by atoms with Crippen LogP contribution in [0, 0.1) is 0 Å². The van der Waals surface area contributed by atoms with E-state index in [1.807, 2.05) is 72.8 Å². The maximum Gasteiger partial charge on any atom is 0.305 e. The molecule has 0 fully saturated rings. The summed E-state index contributed by atoms with van der Waals surface area (Å²) < 4.78 is 21.8. The summed E-state index contributed by atoms with van der Waals surface area (Å²) >= 11 is 0. The molecule has 4 rings (SSSR count). The number of carboxylic acids is 1. The molecule has 3 aromatic rings. The number of nitrogens with zero attached hydrogens (tertiary/aromatic N) is 1. The van der Waals surface area contributed by atoms with Crippen molar-refractivity contribution in [1.29, 1.82) is 0 Å². The molecular formula is C34H39FN2O4. The summed E-state index contributed by atoms with van der Waals surface area (Å²) in [6.07, 6.45) is 6.32. The van der Waals surface area contributed by atoms with Gasteiger partial charge in [-0.25, -0.2) is 4.39 Å². The molecule has 0 saturated carbocycles. The SMILES string of the molecule is CO[C@H](CCCCn1c(C2=CCC(F)C=C2)c(-c2ccccc2)c(C(=O)Nc2ccccc2)c1C(C)C)CC(=O)O. The first kappa shape index (κ1) is 30.0. The fourth-order valence-corrected chi connectivity index (χ4v) is 5.51. The van der Waals surface area contributed by atoms with Gasteiger partial charge < -0.3 is 19.7 Å². The van der Waals surface area contributed by atoms with Gasteiger partial charge in [0.25, 0.3) is 5.91 Å². The fourth-order valence-electron chi connectivity index (χ4n) is 5.51. The van der Waals surface area contributed by atoms with Crippen LogP contribution in [0.3, 0.4) is 0 Å². The lowest BCUT2D eigenvalue weighted by Crippen LogP contribution is -2.17. The van der Waals surface area contributed by atoms with Gasteiger partial charge in [-0.1, -0.05) is 74.5 Å².